The second-order valence-corrected chi connectivity index (χ2v) is 5.87. The summed E-state index contributed by atoms with van der Waals surface area (Å²) in [5.41, 5.74) is 0. The lowest BCUT2D eigenvalue weighted by Crippen LogP contribution is -2.39. The topological polar surface area (TPSA) is 15.3 Å². The normalized spacial score (nSPS) is 17.3. The van der Waals surface area contributed by atoms with Crippen LogP contribution in [0.2, 0.25) is 0 Å². The highest BCUT2D eigenvalue weighted by Gasteiger charge is 2.18. The summed E-state index contributed by atoms with van der Waals surface area (Å²) in [6.07, 6.45) is 6.95. The fourth-order valence-corrected chi connectivity index (χ4v) is 2.81. The van der Waals surface area contributed by atoms with Gasteiger partial charge < -0.3 is 10.2 Å². The summed E-state index contributed by atoms with van der Waals surface area (Å²) < 4.78 is 11.9. The van der Waals surface area contributed by atoms with Crippen LogP contribution in [0.5, 0.6) is 0 Å². The smallest absolute Gasteiger partial charge is 0.123 e. The number of hydrogen-bond acceptors (Lipinski definition) is 2. The standard InChI is InChI=1S/C12H26N2.C6H5F.2ClH/c1-3-4-5-8-14-9-6-7-12(11-14)10-13-2;7-6-4-2-1-3-5-6;;/h12-13H,3-11H2,1-2H3;1-5H;2*1H. The first-order valence-electron chi connectivity index (χ1n) is 8.33. The molecule has 2 nitrogen and oxygen atoms in total. The second-order valence-electron chi connectivity index (χ2n) is 5.87. The average Bonchev–Trinajstić information content (AvgIpc) is 2.50. The summed E-state index contributed by atoms with van der Waals surface area (Å²) in [6, 6.07) is 7.94. The van der Waals surface area contributed by atoms with Crippen molar-refractivity contribution in [3.8, 4) is 0 Å². The predicted molar refractivity (Wildman–Crippen MR) is 104 cm³/mol. The van der Waals surface area contributed by atoms with Gasteiger partial charge in [-0.15, -0.1) is 24.8 Å². The summed E-state index contributed by atoms with van der Waals surface area (Å²) in [7, 11) is 2.07. The lowest BCUT2D eigenvalue weighted by atomic mass is 9.98. The number of benzene rings is 1. The van der Waals surface area contributed by atoms with Crippen LogP contribution in [-0.2, 0) is 0 Å². The Kier molecular flexibility index (Phi) is 17.9. The molecule has 0 radical (unpaired) electrons. The molecule has 1 aliphatic rings. The minimum Gasteiger partial charge on any atom is -0.319 e. The molecular formula is C18H33Cl2FN2. The number of piperidine rings is 1. The van der Waals surface area contributed by atoms with E-state index in [1.165, 1.54) is 70.4 Å². The zero-order valence-electron chi connectivity index (χ0n) is 14.5. The minimum atomic E-state index is -0.178. The third-order valence-corrected chi connectivity index (χ3v) is 3.91. The number of hydrogen-bond donors (Lipinski definition) is 1. The predicted octanol–water partition coefficient (Wildman–Crippen LogP) is 4.78. The highest BCUT2D eigenvalue weighted by Crippen LogP contribution is 2.16. The Labute approximate surface area is 154 Å². The molecule has 1 unspecified atom stereocenters. The van der Waals surface area contributed by atoms with Gasteiger partial charge in [-0.3, -0.25) is 0 Å². The zero-order chi connectivity index (χ0) is 15.3. The lowest BCUT2D eigenvalue weighted by molar-refractivity contribution is 0.171. The van der Waals surface area contributed by atoms with Gasteiger partial charge in [-0.2, -0.15) is 0 Å². The first-order chi connectivity index (χ1) is 10.3. The summed E-state index contributed by atoms with van der Waals surface area (Å²) in [6.45, 7) is 7.47. The summed E-state index contributed by atoms with van der Waals surface area (Å²) in [4.78, 5) is 2.65. The fraction of sp³-hybridized carbons (Fsp3) is 0.667. The first-order valence-corrected chi connectivity index (χ1v) is 8.33. The van der Waals surface area contributed by atoms with Crippen molar-refractivity contribution in [1.82, 2.24) is 10.2 Å². The highest BCUT2D eigenvalue weighted by atomic mass is 35.5. The molecule has 2 rings (SSSR count). The van der Waals surface area contributed by atoms with Crippen molar-refractivity contribution in [1.29, 1.82) is 0 Å². The van der Waals surface area contributed by atoms with Crippen molar-refractivity contribution in [3.05, 3.63) is 36.1 Å². The third-order valence-electron chi connectivity index (χ3n) is 3.91. The molecule has 1 N–H and O–H groups in total. The fourth-order valence-electron chi connectivity index (χ4n) is 2.81. The molecular weight excluding hydrogens is 334 g/mol. The van der Waals surface area contributed by atoms with Gasteiger partial charge in [0.15, 0.2) is 0 Å². The molecule has 23 heavy (non-hydrogen) atoms. The molecule has 1 atom stereocenters. The van der Waals surface area contributed by atoms with E-state index in [4.69, 9.17) is 0 Å². The minimum absolute atomic E-state index is 0. The first kappa shape index (κ1) is 24.9. The van der Waals surface area contributed by atoms with E-state index in [0.29, 0.717) is 0 Å². The van der Waals surface area contributed by atoms with Crippen LogP contribution >= 0.6 is 24.8 Å². The maximum Gasteiger partial charge on any atom is 0.123 e. The molecule has 0 amide bonds. The van der Waals surface area contributed by atoms with Crippen LogP contribution in [0.1, 0.15) is 39.0 Å². The van der Waals surface area contributed by atoms with E-state index in [1.807, 2.05) is 0 Å². The Morgan fingerprint density at radius 3 is 2.39 bits per heavy atom. The summed E-state index contributed by atoms with van der Waals surface area (Å²) in [5, 5.41) is 3.30. The maximum absolute atomic E-state index is 11.9. The molecule has 0 spiro atoms. The van der Waals surface area contributed by atoms with Gasteiger partial charge in [0.25, 0.3) is 0 Å². The molecule has 136 valence electrons. The van der Waals surface area contributed by atoms with Crippen LogP contribution in [0, 0.1) is 11.7 Å². The molecule has 1 aliphatic heterocycles. The molecule has 1 heterocycles. The van der Waals surface area contributed by atoms with Crippen LogP contribution in [0.25, 0.3) is 0 Å². The van der Waals surface area contributed by atoms with Gasteiger partial charge >= 0.3 is 0 Å². The van der Waals surface area contributed by atoms with E-state index in [1.54, 1.807) is 18.2 Å². The monoisotopic (exact) mass is 366 g/mol. The van der Waals surface area contributed by atoms with Crippen LogP contribution in [0.15, 0.2) is 30.3 Å². The summed E-state index contributed by atoms with van der Waals surface area (Å²) >= 11 is 0. The van der Waals surface area contributed by atoms with Crippen molar-refractivity contribution in [2.75, 3.05) is 33.2 Å². The van der Waals surface area contributed by atoms with Crippen molar-refractivity contribution in [3.63, 3.8) is 0 Å². The third kappa shape index (κ3) is 12.7. The zero-order valence-corrected chi connectivity index (χ0v) is 16.1. The number of nitrogens with zero attached hydrogens (tertiary/aromatic N) is 1. The van der Waals surface area contributed by atoms with E-state index in [9.17, 15) is 4.39 Å². The van der Waals surface area contributed by atoms with Crippen LogP contribution in [-0.4, -0.2) is 38.1 Å². The number of likely N-dealkylation sites (tertiary alicyclic amines) is 1. The Bertz CT molecular complexity index is 350. The lowest BCUT2D eigenvalue weighted by Gasteiger charge is -2.32. The van der Waals surface area contributed by atoms with Crippen molar-refractivity contribution in [2.45, 2.75) is 39.0 Å². The molecule has 0 saturated carbocycles. The van der Waals surface area contributed by atoms with Crippen LogP contribution in [0.3, 0.4) is 0 Å². The molecule has 0 bridgehead atoms. The van der Waals surface area contributed by atoms with Crippen molar-refractivity contribution >= 4 is 24.8 Å². The second kappa shape index (κ2) is 16.5. The number of unbranched alkanes of at least 4 members (excludes halogenated alkanes) is 2. The van der Waals surface area contributed by atoms with E-state index < -0.39 is 0 Å². The van der Waals surface area contributed by atoms with Gasteiger partial charge in [-0.25, -0.2) is 4.39 Å². The highest BCUT2D eigenvalue weighted by molar-refractivity contribution is 5.85. The Hall–Kier alpha value is -0.350. The number of nitrogens with one attached hydrogen (secondary N) is 1. The Morgan fingerprint density at radius 2 is 1.87 bits per heavy atom. The molecule has 0 aromatic heterocycles. The SMILES string of the molecule is CCCCCN1CCCC(CNC)C1.Cl.Cl.Fc1ccccc1. The van der Waals surface area contributed by atoms with Gasteiger partial charge in [-0.1, -0.05) is 38.0 Å². The van der Waals surface area contributed by atoms with E-state index in [2.05, 4.69) is 24.2 Å². The van der Waals surface area contributed by atoms with Gasteiger partial charge in [0.05, 0.1) is 0 Å². The molecule has 5 heteroatoms. The van der Waals surface area contributed by atoms with E-state index >= 15 is 0 Å². The molecule has 1 aromatic rings. The Morgan fingerprint density at radius 1 is 1.17 bits per heavy atom. The van der Waals surface area contributed by atoms with Gasteiger partial charge in [0.1, 0.15) is 5.82 Å². The molecule has 0 aliphatic carbocycles. The van der Waals surface area contributed by atoms with Crippen LogP contribution in [0.4, 0.5) is 4.39 Å². The quantitative estimate of drug-likeness (QED) is 0.728. The maximum atomic E-state index is 11.9. The average molecular weight is 367 g/mol. The van der Waals surface area contributed by atoms with Gasteiger partial charge in [0, 0.05) is 6.54 Å². The molecule has 1 saturated heterocycles. The number of rotatable bonds is 6. The van der Waals surface area contributed by atoms with Crippen molar-refractivity contribution in [2.24, 2.45) is 5.92 Å². The van der Waals surface area contributed by atoms with E-state index in [-0.39, 0.29) is 30.6 Å². The molecule has 1 fully saturated rings. The number of halogens is 3. The van der Waals surface area contributed by atoms with E-state index in [0.717, 1.165) is 5.92 Å². The van der Waals surface area contributed by atoms with Gasteiger partial charge in [-0.05, 0) is 64.0 Å². The largest absolute Gasteiger partial charge is 0.319 e. The summed E-state index contributed by atoms with van der Waals surface area (Å²) in [5.74, 6) is 0.720. The van der Waals surface area contributed by atoms with Gasteiger partial charge in [0.2, 0.25) is 0 Å². The van der Waals surface area contributed by atoms with Crippen molar-refractivity contribution < 1.29 is 4.39 Å². The Balaban J connectivity index is 0. The molecule has 1 aromatic carbocycles. The van der Waals surface area contributed by atoms with Crippen LogP contribution < -0.4 is 5.32 Å².